The molecule has 0 N–H and O–H groups in total. The van der Waals surface area contributed by atoms with Gasteiger partial charge in [-0.3, -0.25) is 14.1 Å². The predicted octanol–water partition coefficient (Wildman–Crippen LogP) is 2.42. The van der Waals surface area contributed by atoms with Crippen LogP contribution < -0.4 is 0 Å². The first-order valence-electron chi connectivity index (χ1n) is 9.26. The van der Waals surface area contributed by atoms with Crippen molar-refractivity contribution in [3.63, 3.8) is 0 Å². The fourth-order valence-electron chi connectivity index (χ4n) is 3.92. The number of nitrogens with zero attached hydrogens (tertiary/aromatic N) is 4. The Labute approximate surface area is 152 Å². The molecule has 0 aromatic carbocycles. The van der Waals surface area contributed by atoms with Crippen molar-refractivity contribution in [1.29, 1.82) is 0 Å². The number of piperidine rings is 1. The van der Waals surface area contributed by atoms with E-state index in [9.17, 15) is 4.79 Å². The lowest BCUT2D eigenvalue weighted by Crippen LogP contribution is -2.46. The quantitative estimate of drug-likeness (QED) is 0.838. The van der Waals surface area contributed by atoms with Crippen molar-refractivity contribution < 1.29 is 9.53 Å². The molecule has 0 radical (unpaired) electrons. The van der Waals surface area contributed by atoms with Gasteiger partial charge in [-0.15, -0.1) is 11.3 Å². The lowest BCUT2D eigenvalue weighted by atomic mass is 9.98. The van der Waals surface area contributed by atoms with Gasteiger partial charge in [0.1, 0.15) is 5.69 Å². The molecule has 2 saturated heterocycles. The van der Waals surface area contributed by atoms with Crippen molar-refractivity contribution in [2.45, 2.75) is 38.6 Å². The molecule has 1 unspecified atom stereocenters. The maximum absolute atomic E-state index is 13.2. The number of rotatable bonds is 4. The highest BCUT2D eigenvalue weighted by molar-refractivity contribution is 7.15. The second-order valence-electron chi connectivity index (χ2n) is 7.05. The number of imidazole rings is 1. The Kier molecular flexibility index (Phi) is 5.05. The summed E-state index contributed by atoms with van der Waals surface area (Å²) >= 11 is 1.55. The molecule has 1 atom stereocenters. The van der Waals surface area contributed by atoms with E-state index in [0.717, 1.165) is 75.0 Å². The summed E-state index contributed by atoms with van der Waals surface area (Å²) < 4.78 is 7.38. The molecule has 0 aliphatic carbocycles. The van der Waals surface area contributed by atoms with Crippen molar-refractivity contribution >= 4 is 22.2 Å². The Balaban J connectivity index is 1.46. The first-order valence-corrected chi connectivity index (χ1v) is 10.1. The molecule has 0 spiro atoms. The monoisotopic (exact) mass is 362 g/mol. The predicted molar refractivity (Wildman–Crippen MR) is 98.4 cm³/mol. The molecule has 1 amide bonds. The van der Waals surface area contributed by atoms with Gasteiger partial charge in [-0.25, -0.2) is 4.98 Å². The van der Waals surface area contributed by atoms with Gasteiger partial charge in [-0.05, 0) is 32.6 Å². The molecular weight excluding hydrogens is 336 g/mol. The molecule has 0 bridgehead atoms. The Hall–Kier alpha value is -1.44. The highest BCUT2D eigenvalue weighted by atomic mass is 32.1. The summed E-state index contributed by atoms with van der Waals surface area (Å²) in [6, 6.07) is 0.351. The van der Waals surface area contributed by atoms with Crippen molar-refractivity contribution in [2.24, 2.45) is 0 Å². The van der Waals surface area contributed by atoms with Crippen LogP contribution in [0.15, 0.2) is 11.6 Å². The highest BCUT2D eigenvalue weighted by Crippen LogP contribution is 2.25. The Morgan fingerprint density at radius 3 is 3.00 bits per heavy atom. The van der Waals surface area contributed by atoms with E-state index in [1.807, 2.05) is 22.9 Å². The molecule has 2 aliphatic rings. The molecule has 0 saturated carbocycles. The highest BCUT2D eigenvalue weighted by Gasteiger charge is 2.29. The molecule has 2 aromatic heterocycles. The van der Waals surface area contributed by atoms with Gasteiger partial charge in [0.25, 0.3) is 5.91 Å². The van der Waals surface area contributed by atoms with Gasteiger partial charge >= 0.3 is 0 Å². The summed E-state index contributed by atoms with van der Waals surface area (Å²) in [5, 5.41) is 1.96. The van der Waals surface area contributed by atoms with Gasteiger partial charge in [-0.2, -0.15) is 0 Å². The number of aryl methyl sites for hydroxylation is 1. The normalized spacial score (nSPS) is 22.6. The standard InChI is InChI=1S/C18H26N4O2S/c1-14-12-22-16(13-25-18(22)19-14)17(23)21-6-3-2-4-15(21)5-7-20-8-10-24-11-9-20/h12-13,15H,2-11H2,1H3. The Bertz CT molecular complexity index is 735. The van der Waals surface area contributed by atoms with Gasteiger partial charge in [0, 0.05) is 43.8 Å². The first-order chi connectivity index (χ1) is 12.2. The summed E-state index contributed by atoms with van der Waals surface area (Å²) in [6.45, 7) is 7.60. The van der Waals surface area contributed by atoms with Gasteiger partial charge < -0.3 is 9.64 Å². The summed E-state index contributed by atoms with van der Waals surface area (Å²) in [7, 11) is 0. The number of thiazole rings is 1. The zero-order valence-electron chi connectivity index (χ0n) is 14.8. The molecule has 2 aliphatic heterocycles. The topological polar surface area (TPSA) is 50.1 Å². The average molecular weight is 362 g/mol. The van der Waals surface area contributed by atoms with E-state index >= 15 is 0 Å². The van der Waals surface area contributed by atoms with E-state index in [4.69, 9.17) is 4.74 Å². The number of likely N-dealkylation sites (tertiary alicyclic amines) is 1. The minimum absolute atomic E-state index is 0.162. The van der Waals surface area contributed by atoms with E-state index in [0.29, 0.717) is 6.04 Å². The lowest BCUT2D eigenvalue weighted by molar-refractivity contribution is 0.0294. The average Bonchev–Trinajstić information content (AvgIpc) is 3.19. The molecule has 6 nitrogen and oxygen atoms in total. The molecule has 136 valence electrons. The van der Waals surface area contributed by atoms with E-state index in [-0.39, 0.29) is 5.91 Å². The SMILES string of the molecule is Cc1cn2c(C(=O)N3CCCCC3CCN3CCOCC3)csc2n1. The maximum Gasteiger partial charge on any atom is 0.271 e. The van der Waals surface area contributed by atoms with Crippen molar-refractivity contribution in [3.05, 3.63) is 23.0 Å². The van der Waals surface area contributed by atoms with Crippen molar-refractivity contribution in [2.75, 3.05) is 39.4 Å². The molecule has 7 heteroatoms. The zero-order valence-corrected chi connectivity index (χ0v) is 15.6. The van der Waals surface area contributed by atoms with Crippen LogP contribution in [0.4, 0.5) is 0 Å². The summed E-state index contributed by atoms with van der Waals surface area (Å²) in [6.07, 6.45) is 6.47. The van der Waals surface area contributed by atoms with Gasteiger partial charge in [0.15, 0.2) is 4.96 Å². The molecule has 2 fully saturated rings. The largest absolute Gasteiger partial charge is 0.379 e. The number of carbonyl (C=O) groups is 1. The van der Waals surface area contributed by atoms with Crippen LogP contribution in [0.25, 0.3) is 4.96 Å². The van der Waals surface area contributed by atoms with Crippen LogP contribution in [0, 0.1) is 6.92 Å². The maximum atomic E-state index is 13.2. The second kappa shape index (κ2) is 7.43. The summed E-state index contributed by atoms with van der Waals surface area (Å²) in [4.78, 5) is 23.1. The van der Waals surface area contributed by atoms with Crippen molar-refractivity contribution in [3.8, 4) is 0 Å². The van der Waals surface area contributed by atoms with E-state index in [2.05, 4.69) is 14.8 Å². The third-order valence-corrected chi connectivity index (χ3v) is 6.16. The minimum atomic E-state index is 0.162. The number of hydrogen-bond acceptors (Lipinski definition) is 5. The minimum Gasteiger partial charge on any atom is -0.379 e. The number of ether oxygens (including phenoxy) is 1. The number of carbonyl (C=O) groups excluding carboxylic acids is 1. The first kappa shape index (κ1) is 17.0. The number of amides is 1. The number of aromatic nitrogens is 2. The Morgan fingerprint density at radius 2 is 2.16 bits per heavy atom. The Morgan fingerprint density at radius 1 is 1.32 bits per heavy atom. The van der Waals surface area contributed by atoms with E-state index in [1.165, 1.54) is 6.42 Å². The van der Waals surface area contributed by atoms with Crippen LogP contribution in [-0.4, -0.2) is 70.5 Å². The molecular formula is C18H26N4O2S. The lowest BCUT2D eigenvalue weighted by Gasteiger charge is -2.37. The van der Waals surface area contributed by atoms with Crippen LogP contribution in [0.5, 0.6) is 0 Å². The fourth-order valence-corrected chi connectivity index (χ4v) is 4.81. The molecule has 4 rings (SSSR count). The van der Waals surface area contributed by atoms with Gasteiger partial charge in [0.05, 0.1) is 18.9 Å². The zero-order chi connectivity index (χ0) is 17.2. The third-order valence-electron chi connectivity index (χ3n) is 5.32. The number of morpholine rings is 1. The molecule has 25 heavy (non-hydrogen) atoms. The second-order valence-corrected chi connectivity index (χ2v) is 7.88. The smallest absolute Gasteiger partial charge is 0.271 e. The van der Waals surface area contributed by atoms with Crippen LogP contribution in [-0.2, 0) is 4.74 Å². The van der Waals surface area contributed by atoms with Gasteiger partial charge in [-0.1, -0.05) is 0 Å². The van der Waals surface area contributed by atoms with Crippen LogP contribution in [0.1, 0.15) is 41.9 Å². The van der Waals surface area contributed by atoms with Crippen LogP contribution >= 0.6 is 11.3 Å². The summed E-state index contributed by atoms with van der Waals surface area (Å²) in [5.41, 5.74) is 1.72. The molecule has 4 heterocycles. The number of hydrogen-bond donors (Lipinski definition) is 0. The van der Waals surface area contributed by atoms with Crippen LogP contribution in [0.2, 0.25) is 0 Å². The number of fused-ring (bicyclic) bond motifs is 1. The van der Waals surface area contributed by atoms with Crippen LogP contribution in [0.3, 0.4) is 0 Å². The fraction of sp³-hybridized carbons (Fsp3) is 0.667. The van der Waals surface area contributed by atoms with Gasteiger partial charge in [0.2, 0.25) is 0 Å². The van der Waals surface area contributed by atoms with Crippen molar-refractivity contribution in [1.82, 2.24) is 19.2 Å². The third kappa shape index (κ3) is 3.59. The summed E-state index contributed by atoms with van der Waals surface area (Å²) in [5.74, 6) is 0.162. The molecule has 2 aromatic rings. The van der Waals surface area contributed by atoms with E-state index in [1.54, 1.807) is 11.3 Å². The van der Waals surface area contributed by atoms with E-state index < -0.39 is 0 Å².